The third-order valence-electron chi connectivity index (χ3n) is 6.58. The van der Waals surface area contributed by atoms with E-state index in [0.717, 1.165) is 5.56 Å². The number of carbonyl (C=O) groups excluding carboxylic acids is 2. The number of hydrogen-bond acceptors (Lipinski definition) is 6. The first kappa shape index (κ1) is 24.9. The zero-order chi connectivity index (χ0) is 26.6. The molecule has 0 bridgehead atoms. The second-order valence-corrected chi connectivity index (χ2v) is 9.03. The molecule has 3 aromatic carbocycles. The highest BCUT2D eigenvalue weighted by Gasteiger charge is 2.46. The molecule has 1 aromatic heterocycles. The van der Waals surface area contributed by atoms with Gasteiger partial charge in [-0.3, -0.25) is 9.59 Å². The maximum Gasteiger partial charge on any atom is 0.296 e. The van der Waals surface area contributed by atoms with Crippen molar-refractivity contribution >= 4 is 17.4 Å². The summed E-state index contributed by atoms with van der Waals surface area (Å²) in [4.78, 5) is 28.0. The van der Waals surface area contributed by atoms with Crippen molar-refractivity contribution in [1.82, 2.24) is 4.90 Å². The molecule has 0 saturated carbocycles. The van der Waals surface area contributed by atoms with Gasteiger partial charge in [0.2, 0.25) is 0 Å². The fourth-order valence-corrected chi connectivity index (χ4v) is 4.62. The summed E-state index contributed by atoms with van der Waals surface area (Å²) >= 11 is 0. The molecule has 1 saturated heterocycles. The SMILES string of the molecule is COc1ccc(/C(O)=C2/C(=O)C(=O)N(Cc3ccco3)C2c2ccc(OCc3ccccc3)cc2)c(C)c1. The van der Waals surface area contributed by atoms with E-state index >= 15 is 0 Å². The Kier molecular flexibility index (Phi) is 7.00. The highest BCUT2D eigenvalue weighted by atomic mass is 16.5. The van der Waals surface area contributed by atoms with E-state index < -0.39 is 17.7 Å². The minimum absolute atomic E-state index is 0.0211. The van der Waals surface area contributed by atoms with Crippen LogP contribution in [0.15, 0.2) is 101 Å². The van der Waals surface area contributed by atoms with Crippen molar-refractivity contribution in [2.24, 2.45) is 0 Å². The van der Waals surface area contributed by atoms with Gasteiger partial charge in [-0.2, -0.15) is 0 Å². The number of ketones is 1. The van der Waals surface area contributed by atoms with Crippen LogP contribution in [0, 0.1) is 6.92 Å². The lowest BCUT2D eigenvalue weighted by Crippen LogP contribution is -2.29. The molecule has 7 heteroatoms. The zero-order valence-corrected chi connectivity index (χ0v) is 21.1. The molecule has 1 aliphatic rings. The molecule has 0 radical (unpaired) electrons. The summed E-state index contributed by atoms with van der Waals surface area (Å²) in [6.07, 6.45) is 1.51. The molecule has 1 unspecified atom stereocenters. The van der Waals surface area contributed by atoms with Crippen molar-refractivity contribution in [3.8, 4) is 11.5 Å². The Hall–Kier alpha value is -4.78. The molecule has 2 heterocycles. The van der Waals surface area contributed by atoms with Crippen molar-refractivity contribution in [3.63, 3.8) is 0 Å². The maximum absolute atomic E-state index is 13.3. The number of aliphatic hydroxyl groups is 1. The number of likely N-dealkylation sites (tertiary alicyclic amines) is 1. The number of amides is 1. The molecule has 0 spiro atoms. The number of hydrogen-bond donors (Lipinski definition) is 1. The standard InChI is InChI=1S/C31H27NO6/c1-20-17-24(36-2)14-15-26(20)29(33)27-28(32(31(35)30(27)34)18-25-9-6-16-37-25)22-10-12-23(13-11-22)38-19-21-7-4-3-5-8-21/h3-17,28,33H,18-19H2,1-2H3/b29-27-. The zero-order valence-electron chi connectivity index (χ0n) is 21.1. The molecule has 1 fully saturated rings. The van der Waals surface area contributed by atoms with Crippen LogP contribution in [0.25, 0.3) is 5.76 Å². The first-order valence-electron chi connectivity index (χ1n) is 12.2. The van der Waals surface area contributed by atoms with Crippen LogP contribution in [0.4, 0.5) is 0 Å². The molecule has 7 nitrogen and oxygen atoms in total. The Balaban J connectivity index is 1.52. The Bertz CT molecular complexity index is 1470. The van der Waals surface area contributed by atoms with Crippen LogP contribution < -0.4 is 9.47 Å². The molecular weight excluding hydrogens is 482 g/mol. The molecule has 0 aliphatic carbocycles. The van der Waals surface area contributed by atoms with Gasteiger partial charge in [0.1, 0.15) is 29.6 Å². The largest absolute Gasteiger partial charge is 0.507 e. The van der Waals surface area contributed by atoms with Crippen LogP contribution in [0.1, 0.15) is 34.1 Å². The number of Topliss-reactive ketones (excluding diaryl/α,β-unsaturated/α-hetero) is 1. The van der Waals surface area contributed by atoms with Gasteiger partial charge in [0.15, 0.2) is 0 Å². The van der Waals surface area contributed by atoms with E-state index in [1.807, 2.05) is 37.3 Å². The maximum atomic E-state index is 13.3. The molecule has 1 amide bonds. The van der Waals surface area contributed by atoms with Gasteiger partial charge < -0.3 is 23.9 Å². The van der Waals surface area contributed by atoms with Crippen LogP contribution >= 0.6 is 0 Å². The van der Waals surface area contributed by atoms with E-state index in [4.69, 9.17) is 13.9 Å². The number of furan rings is 1. The molecule has 192 valence electrons. The van der Waals surface area contributed by atoms with Gasteiger partial charge in [-0.15, -0.1) is 0 Å². The van der Waals surface area contributed by atoms with Gasteiger partial charge in [0.05, 0.1) is 31.5 Å². The number of methoxy groups -OCH3 is 1. The first-order chi connectivity index (χ1) is 18.5. The Morgan fingerprint density at radius 1 is 0.947 bits per heavy atom. The van der Waals surface area contributed by atoms with E-state index in [0.29, 0.717) is 40.6 Å². The fraction of sp³-hybridized carbons (Fsp3) is 0.161. The summed E-state index contributed by atoms with van der Waals surface area (Å²) in [5.74, 6) is 0.105. The molecule has 5 rings (SSSR count). The smallest absolute Gasteiger partial charge is 0.296 e. The Labute approximate surface area is 220 Å². The lowest BCUT2D eigenvalue weighted by atomic mass is 9.93. The number of aliphatic hydroxyl groups excluding tert-OH is 1. The number of aryl methyl sites for hydroxylation is 1. The van der Waals surface area contributed by atoms with Gasteiger partial charge in [-0.25, -0.2) is 0 Å². The van der Waals surface area contributed by atoms with Gasteiger partial charge in [-0.05, 0) is 66.1 Å². The van der Waals surface area contributed by atoms with E-state index in [1.165, 1.54) is 11.2 Å². The number of carbonyl (C=O) groups is 2. The van der Waals surface area contributed by atoms with Crippen molar-refractivity contribution in [1.29, 1.82) is 0 Å². The Morgan fingerprint density at radius 3 is 2.34 bits per heavy atom. The summed E-state index contributed by atoms with van der Waals surface area (Å²) < 4.78 is 16.6. The molecular formula is C31H27NO6. The van der Waals surface area contributed by atoms with Crippen molar-refractivity contribution in [3.05, 3.63) is 125 Å². The lowest BCUT2D eigenvalue weighted by molar-refractivity contribution is -0.140. The quantitative estimate of drug-likeness (QED) is 0.184. The molecule has 1 N–H and O–H groups in total. The van der Waals surface area contributed by atoms with E-state index in [2.05, 4.69) is 0 Å². The van der Waals surface area contributed by atoms with Crippen molar-refractivity contribution in [2.75, 3.05) is 7.11 Å². The minimum atomic E-state index is -0.815. The average Bonchev–Trinajstić information content (AvgIpc) is 3.55. The van der Waals surface area contributed by atoms with E-state index in [-0.39, 0.29) is 17.9 Å². The monoisotopic (exact) mass is 509 g/mol. The van der Waals surface area contributed by atoms with Gasteiger partial charge in [-0.1, -0.05) is 42.5 Å². The summed E-state index contributed by atoms with van der Waals surface area (Å²) in [5.41, 5.74) is 2.89. The topological polar surface area (TPSA) is 89.2 Å². The van der Waals surface area contributed by atoms with E-state index in [1.54, 1.807) is 61.7 Å². The van der Waals surface area contributed by atoms with Gasteiger partial charge in [0.25, 0.3) is 11.7 Å². The average molecular weight is 510 g/mol. The summed E-state index contributed by atoms with van der Waals surface area (Å²) in [6, 6.07) is 24.8. The summed E-state index contributed by atoms with van der Waals surface area (Å²) in [7, 11) is 1.56. The Morgan fingerprint density at radius 2 is 1.68 bits per heavy atom. The van der Waals surface area contributed by atoms with Crippen LogP contribution in [0.3, 0.4) is 0 Å². The second kappa shape index (κ2) is 10.7. The van der Waals surface area contributed by atoms with E-state index in [9.17, 15) is 14.7 Å². The number of rotatable bonds is 8. The van der Waals surface area contributed by atoms with Crippen LogP contribution in [-0.2, 0) is 22.7 Å². The normalized spacial score (nSPS) is 16.6. The molecule has 38 heavy (non-hydrogen) atoms. The number of nitrogens with zero attached hydrogens (tertiary/aromatic N) is 1. The highest BCUT2D eigenvalue weighted by molar-refractivity contribution is 6.46. The predicted octanol–water partition coefficient (Wildman–Crippen LogP) is 5.80. The molecule has 1 atom stereocenters. The first-order valence-corrected chi connectivity index (χ1v) is 12.2. The minimum Gasteiger partial charge on any atom is -0.507 e. The summed E-state index contributed by atoms with van der Waals surface area (Å²) in [6.45, 7) is 2.30. The predicted molar refractivity (Wildman–Crippen MR) is 142 cm³/mol. The van der Waals surface area contributed by atoms with Crippen molar-refractivity contribution < 1.29 is 28.6 Å². The summed E-state index contributed by atoms with van der Waals surface area (Å²) in [5, 5.41) is 11.4. The number of benzene rings is 3. The van der Waals surface area contributed by atoms with Gasteiger partial charge >= 0.3 is 0 Å². The van der Waals surface area contributed by atoms with Crippen LogP contribution in [0.2, 0.25) is 0 Å². The molecule has 4 aromatic rings. The third kappa shape index (κ3) is 4.91. The fourth-order valence-electron chi connectivity index (χ4n) is 4.62. The molecule has 1 aliphatic heterocycles. The van der Waals surface area contributed by atoms with Crippen LogP contribution in [-0.4, -0.2) is 28.8 Å². The lowest BCUT2D eigenvalue weighted by Gasteiger charge is -2.25. The van der Waals surface area contributed by atoms with Crippen LogP contribution in [0.5, 0.6) is 11.5 Å². The third-order valence-corrected chi connectivity index (χ3v) is 6.58. The second-order valence-electron chi connectivity index (χ2n) is 9.03. The number of ether oxygens (including phenoxy) is 2. The van der Waals surface area contributed by atoms with Crippen molar-refractivity contribution in [2.45, 2.75) is 26.1 Å². The van der Waals surface area contributed by atoms with Gasteiger partial charge in [0, 0.05) is 5.56 Å². The highest BCUT2D eigenvalue weighted by Crippen LogP contribution is 2.41.